The second-order valence-electron chi connectivity index (χ2n) is 3.27. The van der Waals surface area contributed by atoms with Crippen molar-refractivity contribution in [2.24, 2.45) is 0 Å². The Morgan fingerprint density at radius 1 is 1.41 bits per heavy atom. The Hall–Kier alpha value is -1.07. The van der Waals surface area contributed by atoms with Gasteiger partial charge >= 0.3 is 0 Å². The summed E-state index contributed by atoms with van der Waals surface area (Å²) in [6.45, 7) is 0. The van der Waals surface area contributed by atoms with Crippen molar-refractivity contribution in [2.45, 2.75) is 4.90 Å². The fraction of sp³-hybridized carbons (Fsp3) is 0.0833. The molecule has 0 N–H and O–H groups in total. The highest BCUT2D eigenvalue weighted by atomic mass is 79.9. The number of carbonyl (C=O) groups is 1. The van der Waals surface area contributed by atoms with Gasteiger partial charge in [-0.25, -0.2) is 4.39 Å². The first-order chi connectivity index (χ1) is 8.16. The molecule has 0 fully saturated rings. The molecule has 88 valence electrons. The quantitative estimate of drug-likeness (QED) is 0.627. The van der Waals surface area contributed by atoms with Crippen LogP contribution in [0.2, 0.25) is 0 Å². The van der Waals surface area contributed by atoms with Crippen LogP contribution in [0.3, 0.4) is 0 Å². The van der Waals surface area contributed by atoms with Crippen molar-refractivity contribution in [2.75, 3.05) is 5.75 Å². The third-order valence-electron chi connectivity index (χ3n) is 2.04. The van der Waals surface area contributed by atoms with E-state index >= 15 is 0 Å². The van der Waals surface area contributed by atoms with Crippen molar-refractivity contribution in [3.63, 3.8) is 0 Å². The van der Waals surface area contributed by atoms with Crippen molar-refractivity contribution in [3.05, 3.63) is 52.6 Å². The predicted octanol–water partition coefficient (Wildman–Crippen LogP) is 4.16. The molecule has 0 amide bonds. The molecule has 2 rings (SSSR count). The van der Waals surface area contributed by atoms with E-state index in [1.165, 1.54) is 30.2 Å². The zero-order valence-corrected chi connectivity index (χ0v) is 11.1. The second kappa shape index (κ2) is 5.51. The Balaban J connectivity index is 1.99. The van der Waals surface area contributed by atoms with Crippen LogP contribution in [-0.2, 0) is 0 Å². The topological polar surface area (TPSA) is 30.2 Å². The molecular formula is C12H8BrFO2S. The number of halogens is 2. The van der Waals surface area contributed by atoms with E-state index in [-0.39, 0.29) is 17.4 Å². The summed E-state index contributed by atoms with van der Waals surface area (Å²) in [7, 11) is 0. The van der Waals surface area contributed by atoms with E-state index in [1.54, 1.807) is 18.2 Å². The van der Waals surface area contributed by atoms with Gasteiger partial charge in [0, 0.05) is 4.90 Å². The number of Topliss-reactive ketones (excluding diaryl/α,β-unsaturated/α-hetero) is 1. The van der Waals surface area contributed by atoms with Gasteiger partial charge < -0.3 is 4.42 Å². The first-order valence-corrected chi connectivity index (χ1v) is 6.59. The van der Waals surface area contributed by atoms with Crippen LogP contribution in [0.1, 0.15) is 10.6 Å². The van der Waals surface area contributed by atoms with Gasteiger partial charge in [0.2, 0.25) is 5.78 Å². The Morgan fingerprint density at radius 3 is 2.88 bits per heavy atom. The summed E-state index contributed by atoms with van der Waals surface area (Å²) in [5.74, 6) is 0.0851. The summed E-state index contributed by atoms with van der Waals surface area (Å²) in [6.07, 6.45) is 1.45. The molecule has 0 aliphatic rings. The summed E-state index contributed by atoms with van der Waals surface area (Å²) < 4.78 is 18.6. The Morgan fingerprint density at radius 2 is 2.24 bits per heavy atom. The maximum absolute atomic E-state index is 12.9. The van der Waals surface area contributed by atoms with Crippen LogP contribution in [0.4, 0.5) is 4.39 Å². The monoisotopic (exact) mass is 314 g/mol. The number of hydrogen-bond acceptors (Lipinski definition) is 3. The highest BCUT2D eigenvalue weighted by Gasteiger charge is 2.13. The van der Waals surface area contributed by atoms with Crippen LogP contribution in [0.25, 0.3) is 0 Å². The van der Waals surface area contributed by atoms with Gasteiger partial charge in [0.25, 0.3) is 0 Å². The number of rotatable bonds is 4. The maximum atomic E-state index is 12.9. The average Bonchev–Trinajstić information content (AvgIpc) is 2.72. The molecular weight excluding hydrogens is 307 g/mol. The van der Waals surface area contributed by atoms with Crippen LogP contribution < -0.4 is 0 Å². The molecule has 0 radical (unpaired) electrons. The molecule has 0 saturated heterocycles. The van der Waals surface area contributed by atoms with Gasteiger partial charge in [-0.05, 0) is 40.2 Å². The molecule has 2 nitrogen and oxygen atoms in total. The SMILES string of the molecule is O=C(CSc1cccc(F)c1)c1occc1Br. The Kier molecular flexibility index (Phi) is 4.02. The van der Waals surface area contributed by atoms with Crippen LogP contribution in [0.15, 0.2) is 50.4 Å². The largest absolute Gasteiger partial charge is 0.460 e. The minimum atomic E-state index is -0.304. The fourth-order valence-corrected chi connectivity index (χ4v) is 2.49. The summed E-state index contributed by atoms with van der Waals surface area (Å²) in [4.78, 5) is 12.5. The average molecular weight is 315 g/mol. The van der Waals surface area contributed by atoms with E-state index < -0.39 is 0 Å². The van der Waals surface area contributed by atoms with Gasteiger partial charge in [-0.15, -0.1) is 11.8 Å². The zero-order chi connectivity index (χ0) is 12.3. The van der Waals surface area contributed by atoms with Crippen LogP contribution in [-0.4, -0.2) is 11.5 Å². The minimum absolute atomic E-state index is 0.129. The molecule has 1 aromatic heterocycles. The third kappa shape index (κ3) is 3.20. The van der Waals surface area contributed by atoms with Crippen LogP contribution in [0.5, 0.6) is 0 Å². The summed E-state index contributed by atoms with van der Waals surface area (Å²) in [6, 6.07) is 7.81. The van der Waals surface area contributed by atoms with E-state index in [2.05, 4.69) is 15.9 Å². The predicted molar refractivity (Wildman–Crippen MR) is 67.9 cm³/mol. The van der Waals surface area contributed by atoms with E-state index in [9.17, 15) is 9.18 Å². The number of thioether (sulfide) groups is 1. The molecule has 1 heterocycles. The number of hydrogen-bond donors (Lipinski definition) is 0. The molecule has 0 aliphatic carbocycles. The van der Waals surface area contributed by atoms with Gasteiger partial charge in [-0.2, -0.15) is 0 Å². The highest BCUT2D eigenvalue weighted by molar-refractivity contribution is 9.10. The van der Waals surface area contributed by atoms with Crippen molar-refractivity contribution in [1.82, 2.24) is 0 Å². The van der Waals surface area contributed by atoms with Crippen LogP contribution in [0, 0.1) is 5.82 Å². The molecule has 5 heteroatoms. The smallest absolute Gasteiger partial charge is 0.209 e. The molecule has 0 saturated carbocycles. The first kappa shape index (κ1) is 12.4. The van der Waals surface area contributed by atoms with Crippen molar-refractivity contribution < 1.29 is 13.6 Å². The molecule has 17 heavy (non-hydrogen) atoms. The number of carbonyl (C=O) groups excluding carboxylic acids is 1. The Labute approximate surface area is 110 Å². The number of ketones is 1. The summed E-state index contributed by atoms with van der Waals surface area (Å²) >= 11 is 4.50. The second-order valence-corrected chi connectivity index (χ2v) is 5.17. The molecule has 0 spiro atoms. The molecule has 0 atom stereocenters. The Bertz CT molecular complexity index is 539. The van der Waals surface area contributed by atoms with Gasteiger partial charge in [0.15, 0.2) is 5.76 Å². The summed E-state index contributed by atoms with van der Waals surface area (Å²) in [5, 5.41) is 0. The molecule has 0 aliphatic heterocycles. The standard InChI is InChI=1S/C12H8BrFO2S/c13-10-4-5-16-12(10)11(15)7-17-9-3-1-2-8(14)6-9/h1-6H,7H2. The first-order valence-electron chi connectivity index (χ1n) is 4.81. The molecule has 0 unspecified atom stereocenters. The fourth-order valence-electron chi connectivity index (χ4n) is 1.26. The van der Waals surface area contributed by atoms with E-state index in [0.29, 0.717) is 10.2 Å². The van der Waals surface area contributed by atoms with E-state index in [1.807, 2.05) is 0 Å². The van der Waals surface area contributed by atoms with Gasteiger partial charge in [-0.1, -0.05) is 6.07 Å². The summed E-state index contributed by atoms with van der Waals surface area (Å²) in [5.41, 5.74) is 0. The van der Waals surface area contributed by atoms with E-state index in [4.69, 9.17) is 4.42 Å². The third-order valence-corrected chi connectivity index (χ3v) is 3.65. The van der Waals surface area contributed by atoms with Gasteiger partial charge in [-0.3, -0.25) is 4.79 Å². The normalized spacial score (nSPS) is 10.5. The lowest BCUT2D eigenvalue weighted by molar-refractivity contribution is 0.0991. The lowest BCUT2D eigenvalue weighted by Gasteiger charge is -2.00. The van der Waals surface area contributed by atoms with Gasteiger partial charge in [0.1, 0.15) is 5.82 Å². The lowest BCUT2D eigenvalue weighted by Crippen LogP contribution is -2.01. The number of furan rings is 1. The zero-order valence-electron chi connectivity index (χ0n) is 8.65. The van der Waals surface area contributed by atoms with Crippen LogP contribution >= 0.6 is 27.7 Å². The molecule has 2 aromatic rings. The van der Waals surface area contributed by atoms with Crippen molar-refractivity contribution >= 4 is 33.5 Å². The maximum Gasteiger partial charge on any atom is 0.209 e. The van der Waals surface area contributed by atoms with E-state index in [0.717, 1.165) is 4.90 Å². The van der Waals surface area contributed by atoms with Crippen molar-refractivity contribution in [1.29, 1.82) is 0 Å². The number of benzene rings is 1. The molecule has 0 bridgehead atoms. The molecule has 1 aromatic carbocycles. The lowest BCUT2D eigenvalue weighted by atomic mass is 10.3. The minimum Gasteiger partial charge on any atom is -0.460 e. The van der Waals surface area contributed by atoms with Gasteiger partial charge in [0.05, 0.1) is 16.5 Å². The highest BCUT2D eigenvalue weighted by Crippen LogP contribution is 2.23. The van der Waals surface area contributed by atoms with Crippen molar-refractivity contribution in [3.8, 4) is 0 Å².